The van der Waals surface area contributed by atoms with Gasteiger partial charge in [-0.1, -0.05) is 6.58 Å². The zero-order chi connectivity index (χ0) is 9.61. The van der Waals surface area contributed by atoms with E-state index in [1.807, 2.05) is 0 Å². The Labute approximate surface area is 71.2 Å². The van der Waals surface area contributed by atoms with Gasteiger partial charge in [-0.3, -0.25) is 0 Å². The molecule has 0 aliphatic heterocycles. The van der Waals surface area contributed by atoms with Crippen LogP contribution in [-0.4, -0.2) is 25.8 Å². The minimum absolute atomic E-state index is 0.331. The maximum absolute atomic E-state index is 11.0. The fourth-order valence-corrected chi connectivity index (χ4v) is 1.19. The third kappa shape index (κ3) is 2.70. The van der Waals surface area contributed by atoms with Crippen molar-refractivity contribution in [3.8, 4) is 12.1 Å². The van der Waals surface area contributed by atoms with Crippen molar-refractivity contribution in [2.45, 2.75) is 0 Å². The maximum Gasteiger partial charge on any atom is 0.237 e. The van der Waals surface area contributed by atoms with Gasteiger partial charge in [0.25, 0.3) is 0 Å². The van der Waals surface area contributed by atoms with Gasteiger partial charge in [0.1, 0.15) is 13.1 Å². The summed E-state index contributed by atoms with van der Waals surface area (Å²) in [5, 5.41) is 17.2. The monoisotopic (exact) mass is 185 g/mol. The van der Waals surface area contributed by atoms with Crippen LogP contribution < -0.4 is 0 Å². The van der Waals surface area contributed by atoms with E-state index in [1.54, 1.807) is 12.1 Å². The van der Waals surface area contributed by atoms with Crippen LogP contribution in [0.15, 0.2) is 12.0 Å². The molecule has 0 atom stereocenters. The lowest BCUT2D eigenvalue weighted by Crippen LogP contribution is -2.29. The molecule has 0 aromatic heterocycles. The second-order valence-corrected chi connectivity index (χ2v) is 3.68. The summed E-state index contributed by atoms with van der Waals surface area (Å²) in [6.07, 6.45) is 0. The standard InChI is InChI=1S/C6H7N3O2S/c1-2-12(10,11)9(5-3-7)6-4-8/h2H,1,5-6H2. The van der Waals surface area contributed by atoms with E-state index in [-0.39, 0.29) is 13.1 Å². The normalized spacial score (nSPS) is 10.2. The molecule has 0 aromatic carbocycles. The van der Waals surface area contributed by atoms with Crippen LogP contribution in [0.2, 0.25) is 0 Å². The third-order valence-electron chi connectivity index (χ3n) is 1.06. The molecular weight excluding hydrogens is 178 g/mol. The fraction of sp³-hybridized carbons (Fsp3) is 0.333. The van der Waals surface area contributed by atoms with Gasteiger partial charge in [0, 0.05) is 5.41 Å². The van der Waals surface area contributed by atoms with E-state index in [0.29, 0.717) is 5.41 Å². The molecule has 0 rings (SSSR count). The number of nitriles is 2. The summed E-state index contributed by atoms with van der Waals surface area (Å²) < 4.78 is 22.7. The predicted molar refractivity (Wildman–Crippen MR) is 41.9 cm³/mol. The van der Waals surface area contributed by atoms with Crippen LogP contribution >= 0.6 is 0 Å². The molecule has 0 spiro atoms. The number of sulfonamides is 1. The van der Waals surface area contributed by atoms with Crippen molar-refractivity contribution in [3.63, 3.8) is 0 Å². The van der Waals surface area contributed by atoms with Gasteiger partial charge in [-0.2, -0.15) is 14.8 Å². The highest BCUT2D eigenvalue weighted by molar-refractivity contribution is 7.92. The molecule has 0 aliphatic carbocycles. The summed E-state index contributed by atoms with van der Waals surface area (Å²) in [6, 6.07) is 3.28. The van der Waals surface area contributed by atoms with Crippen LogP contribution in [-0.2, 0) is 10.0 Å². The van der Waals surface area contributed by atoms with Crippen LogP contribution in [0, 0.1) is 22.7 Å². The van der Waals surface area contributed by atoms with Crippen molar-refractivity contribution < 1.29 is 8.42 Å². The van der Waals surface area contributed by atoms with Crippen molar-refractivity contribution in [2.24, 2.45) is 0 Å². The van der Waals surface area contributed by atoms with Gasteiger partial charge in [-0.15, -0.1) is 0 Å². The van der Waals surface area contributed by atoms with Gasteiger partial charge in [-0.25, -0.2) is 8.42 Å². The van der Waals surface area contributed by atoms with Crippen LogP contribution in [0.3, 0.4) is 0 Å². The lowest BCUT2D eigenvalue weighted by molar-refractivity contribution is 0.488. The van der Waals surface area contributed by atoms with Gasteiger partial charge >= 0.3 is 0 Å². The molecule has 0 N–H and O–H groups in total. The number of rotatable bonds is 4. The molecule has 0 unspecified atom stereocenters. The molecule has 0 heterocycles. The predicted octanol–water partition coefficient (Wildman–Crippen LogP) is -0.191. The van der Waals surface area contributed by atoms with Gasteiger partial charge in [-0.05, 0) is 0 Å². The molecule has 0 radical (unpaired) electrons. The first-order chi connectivity index (χ1) is 5.58. The molecule has 0 aromatic rings. The summed E-state index contributed by atoms with van der Waals surface area (Å²) >= 11 is 0. The average molecular weight is 185 g/mol. The minimum Gasteiger partial charge on any atom is -0.207 e. The van der Waals surface area contributed by atoms with Crippen molar-refractivity contribution >= 4 is 10.0 Å². The Morgan fingerprint density at radius 1 is 1.33 bits per heavy atom. The highest BCUT2D eigenvalue weighted by Gasteiger charge is 2.16. The van der Waals surface area contributed by atoms with Crippen molar-refractivity contribution in [3.05, 3.63) is 12.0 Å². The van der Waals surface area contributed by atoms with Crippen LogP contribution in [0.4, 0.5) is 0 Å². The average Bonchev–Trinajstić information content (AvgIpc) is 2.04. The molecule has 0 bridgehead atoms. The van der Waals surface area contributed by atoms with Crippen molar-refractivity contribution in [1.29, 1.82) is 10.5 Å². The molecule has 5 nitrogen and oxygen atoms in total. The zero-order valence-corrected chi connectivity index (χ0v) is 7.08. The zero-order valence-electron chi connectivity index (χ0n) is 6.27. The Morgan fingerprint density at radius 3 is 2.00 bits per heavy atom. The smallest absolute Gasteiger partial charge is 0.207 e. The first-order valence-corrected chi connectivity index (χ1v) is 4.45. The molecule has 12 heavy (non-hydrogen) atoms. The van der Waals surface area contributed by atoms with E-state index in [4.69, 9.17) is 10.5 Å². The topological polar surface area (TPSA) is 85.0 Å². The van der Waals surface area contributed by atoms with E-state index >= 15 is 0 Å². The Balaban J connectivity index is 4.67. The first kappa shape index (κ1) is 10.6. The van der Waals surface area contributed by atoms with E-state index in [9.17, 15) is 8.42 Å². The second-order valence-electron chi connectivity index (χ2n) is 1.80. The molecular formula is C6H7N3O2S. The Kier molecular flexibility index (Phi) is 3.98. The Bertz CT molecular complexity index is 317. The van der Waals surface area contributed by atoms with Gasteiger partial charge in [0.15, 0.2) is 0 Å². The van der Waals surface area contributed by atoms with Crippen LogP contribution in [0.1, 0.15) is 0 Å². The van der Waals surface area contributed by atoms with Crippen LogP contribution in [0.25, 0.3) is 0 Å². The largest absolute Gasteiger partial charge is 0.237 e. The summed E-state index contributed by atoms with van der Waals surface area (Å²) in [6.45, 7) is 2.41. The molecule has 0 saturated carbocycles. The summed E-state index contributed by atoms with van der Waals surface area (Å²) in [7, 11) is -3.63. The first-order valence-electron chi connectivity index (χ1n) is 2.95. The minimum atomic E-state index is -3.63. The maximum atomic E-state index is 11.0. The number of hydrogen-bond acceptors (Lipinski definition) is 4. The van der Waals surface area contributed by atoms with Gasteiger partial charge < -0.3 is 0 Å². The molecule has 0 aliphatic rings. The van der Waals surface area contributed by atoms with Crippen molar-refractivity contribution in [1.82, 2.24) is 4.31 Å². The van der Waals surface area contributed by atoms with E-state index in [1.165, 1.54) is 0 Å². The van der Waals surface area contributed by atoms with Gasteiger partial charge in [0.05, 0.1) is 12.1 Å². The van der Waals surface area contributed by atoms with E-state index in [2.05, 4.69) is 6.58 Å². The Hall–Kier alpha value is -1.37. The number of hydrogen-bond donors (Lipinski definition) is 0. The lowest BCUT2D eigenvalue weighted by Gasteiger charge is -2.11. The van der Waals surface area contributed by atoms with Gasteiger partial charge in [0.2, 0.25) is 10.0 Å². The fourth-order valence-electron chi connectivity index (χ4n) is 0.499. The summed E-state index contributed by atoms with van der Waals surface area (Å²) in [5.74, 6) is 0. The highest BCUT2D eigenvalue weighted by atomic mass is 32.2. The summed E-state index contributed by atoms with van der Waals surface area (Å²) in [5.41, 5.74) is 0. The lowest BCUT2D eigenvalue weighted by atomic mass is 10.6. The van der Waals surface area contributed by atoms with Crippen LogP contribution in [0.5, 0.6) is 0 Å². The van der Waals surface area contributed by atoms with E-state index in [0.717, 1.165) is 4.31 Å². The molecule has 0 fully saturated rings. The van der Waals surface area contributed by atoms with E-state index < -0.39 is 10.0 Å². The Morgan fingerprint density at radius 2 is 1.75 bits per heavy atom. The highest BCUT2D eigenvalue weighted by Crippen LogP contribution is 1.99. The molecule has 0 saturated heterocycles. The molecule has 64 valence electrons. The molecule has 0 amide bonds. The second kappa shape index (κ2) is 4.50. The molecule has 6 heteroatoms. The number of nitrogens with zero attached hydrogens (tertiary/aromatic N) is 3. The SMILES string of the molecule is C=CS(=O)(=O)N(CC#N)CC#N. The quantitative estimate of drug-likeness (QED) is 0.568. The van der Waals surface area contributed by atoms with Crippen molar-refractivity contribution in [2.75, 3.05) is 13.1 Å². The summed E-state index contributed by atoms with van der Waals surface area (Å²) in [4.78, 5) is 0. The third-order valence-corrected chi connectivity index (χ3v) is 2.46.